The molecule has 1 saturated heterocycles. The van der Waals surface area contributed by atoms with Gasteiger partial charge in [-0.05, 0) is 37.3 Å². The zero-order chi connectivity index (χ0) is 15.8. The summed E-state index contributed by atoms with van der Waals surface area (Å²) in [4.78, 5) is 4.93. The molecular weight excluding hydrogens is 290 g/mol. The van der Waals surface area contributed by atoms with Crippen LogP contribution in [0, 0.1) is 11.8 Å². The zero-order valence-electron chi connectivity index (χ0n) is 13.7. The van der Waals surface area contributed by atoms with Gasteiger partial charge < -0.3 is 14.8 Å². The van der Waals surface area contributed by atoms with Crippen molar-refractivity contribution in [2.45, 2.75) is 25.3 Å². The molecule has 2 saturated carbocycles. The summed E-state index contributed by atoms with van der Waals surface area (Å²) in [5.74, 6) is 2.17. The lowest BCUT2D eigenvalue weighted by Gasteiger charge is -2.42. The molecule has 2 bridgehead atoms. The van der Waals surface area contributed by atoms with E-state index >= 15 is 0 Å². The van der Waals surface area contributed by atoms with Crippen LogP contribution in [-0.2, 0) is 0 Å². The van der Waals surface area contributed by atoms with Gasteiger partial charge in [-0.15, -0.1) is 0 Å². The van der Waals surface area contributed by atoms with E-state index in [9.17, 15) is 5.21 Å². The molecule has 23 heavy (non-hydrogen) atoms. The number of methoxy groups -OCH3 is 1. The molecule has 3 fully saturated rings. The maximum absolute atomic E-state index is 9.42. The largest absolute Gasteiger partial charge is 0.495 e. The maximum atomic E-state index is 9.42. The lowest BCUT2D eigenvalue weighted by molar-refractivity contribution is 0.181. The second kappa shape index (κ2) is 6.04. The third-order valence-electron chi connectivity index (χ3n) is 5.89. The lowest BCUT2D eigenvalue weighted by atomic mass is 9.91. The Labute approximate surface area is 137 Å². The minimum Gasteiger partial charge on any atom is -0.495 e. The standard InChI is InChI=1S/C18H25N3O2/c1-23-16-5-3-2-4-15(16)20-8-10-21(11-9-20)18-14-7-6-13(12-14)17(18)19-22/h2-5,13-14,18,22H,6-12H2,1H3/b19-17-/t13-,14-,18-/m0/s1. The van der Waals surface area contributed by atoms with Crippen molar-refractivity contribution in [3.8, 4) is 5.75 Å². The predicted molar refractivity (Wildman–Crippen MR) is 90.6 cm³/mol. The first-order valence-corrected chi connectivity index (χ1v) is 8.65. The monoisotopic (exact) mass is 315 g/mol. The van der Waals surface area contributed by atoms with Gasteiger partial charge >= 0.3 is 0 Å². The highest BCUT2D eigenvalue weighted by Gasteiger charge is 2.48. The van der Waals surface area contributed by atoms with E-state index in [0.717, 1.165) is 37.6 Å². The molecule has 1 aromatic carbocycles. The van der Waals surface area contributed by atoms with Crippen molar-refractivity contribution in [2.24, 2.45) is 17.0 Å². The molecule has 2 aliphatic carbocycles. The number of nitrogens with zero attached hydrogens (tertiary/aromatic N) is 3. The van der Waals surface area contributed by atoms with Crippen LogP contribution in [0.5, 0.6) is 5.75 Å². The summed E-state index contributed by atoms with van der Waals surface area (Å²) in [5, 5.41) is 13.1. The van der Waals surface area contributed by atoms with E-state index in [-0.39, 0.29) is 0 Å². The molecule has 5 heteroatoms. The third-order valence-corrected chi connectivity index (χ3v) is 5.89. The molecule has 0 unspecified atom stereocenters. The number of hydrogen-bond acceptors (Lipinski definition) is 5. The van der Waals surface area contributed by atoms with Crippen LogP contribution in [0.1, 0.15) is 19.3 Å². The molecule has 1 heterocycles. The number of ether oxygens (including phenoxy) is 1. The average molecular weight is 315 g/mol. The Morgan fingerprint density at radius 1 is 1.13 bits per heavy atom. The topological polar surface area (TPSA) is 48.3 Å². The van der Waals surface area contributed by atoms with Crippen molar-refractivity contribution in [1.29, 1.82) is 0 Å². The van der Waals surface area contributed by atoms with Crippen LogP contribution < -0.4 is 9.64 Å². The summed E-state index contributed by atoms with van der Waals surface area (Å²) in [6.45, 7) is 4.02. The first-order valence-electron chi connectivity index (χ1n) is 8.65. The van der Waals surface area contributed by atoms with Crippen molar-refractivity contribution in [3.63, 3.8) is 0 Å². The van der Waals surface area contributed by atoms with Crippen LogP contribution in [0.15, 0.2) is 29.4 Å². The molecule has 0 spiro atoms. The molecule has 1 N–H and O–H groups in total. The Kier molecular flexibility index (Phi) is 3.89. The van der Waals surface area contributed by atoms with E-state index in [1.54, 1.807) is 7.11 Å². The Morgan fingerprint density at radius 3 is 2.65 bits per heavy atom. The van der Waals surface area contributed by atoms with E-state index in [2.05, 4.69) is 27.1 Å². The highest BCUT2D eigenvalue weighted by atomic mass is 16.5. The molecule has 1 aromatic rings. The minimum atomic E-state index is 0.374. The number of benzene rings is 1. The van der Waals surface area contributed by atoms with E-state index in [4.69, 9.17) is 4.74 Å². The number of fused-ring (bicyclic) bond motifs is 2. The number of rotatable bonds is 3. The van der Waals surface area contributed by atoms with Crippen LogP contribution in [0.4, 0.5) is 5.69 Å². The molecule has 4 rings (SSSR count). The molecule has 0 aromatic heterocycles. The number of para-hydroxylation sites is 2. The highest BCUT2D eigenvalue weighted by molar-refractivity contribution is 5.94. The fourth-order valence-electron chi connectivity index (χ4n) is 4.81. The van der Waals surface area contributed by atoms with Crippen molar-refractivity contribution in [3.05, 3.63) is 24.3 Å². The Bertz CT molecular complexity index is 596. The van der Waals surface area contributed by atoms with Crippen LogP contribution in [0.3, 0.4) is 0 Å². The molecular formula is C18H25N3O2. The van der Waals surface area contributed by atoms with Crippen molar-refractivity contribution in [2.75, 3.05) is 38.2 Å². The summed E-state index contributed by atoms with van der Waals surface area (Å²) in [6.07, 6.45) is 3.72. The first-order chi connectivity index (χ1) is 11.3. The molecule has 3 atom stereocenters. The number of anilines is 1. The van der Waals surface area contributed by atoms with Gasteiger partial charge in [0, 0.05) is 32.1 Å². The Hall–Kier alpha value is -1.75. The lowest BCUT2D eigenvalue weighted by Crippen LogP contribution is -2.54. The van der Waals surface area contributed by atoms with Crippen molar-refractivity contribution < 1.29 is 9.94 Å². The van der Waals surface area contributed by atoms with Crippen LogP contribution in [-0.4, -0.2) is 55.1 Å². The molecule has 124 valence electrons. The zero-order valence-corrected chi connectivity index (χ0v) is 13.7. The van der Waals surface area contributed by atoms with E-state index in [1.807, 2.05) is 12.1 Å². The number of piperazine rings is 1. The van der Waals surface area contributed by atoms with Gasteiger partial charge in [0.05, 0.1) is 24.6 Å². The quantitative estimate of drug-likeness (QED) is 0.687. The van der Waals surface area contributed by atoms with Crippen molar-refractivity contribution >= 4 is 11.4 Å². The second-order valence-electron chi connectivity index (χ2n) is 6.93. The van der Waals surface area contributed by atoms with Crippen LogP contribution in [0.2, 0.25) is 0 Å². The van der Waals surface area contributed by atoms with Gasteiger partial charge in [-0.2, -0.15) is 0 Å². The van der Waals surface area contributed by atoms with E-state index in [0.29, 0.717) is 17.9 Å². The first kappa shape index (κ1) is 14.8. The summed E-state index contributed by atoms with van der Waals surface area (Å²) in [5.41, 5.74) is 2.23. The summed E-state index contributed by atoms with van der Waals surface area (Å²) < 4.78 is 5.49. The molecule has 0 amide bonds. The maximum Gasteiger partial charge on any atom is 0.142 e. The number of oxime groups is 1. The SMILES string of the molecule is COc1ccccc1N1CCN([C@@H]2/C(=N\O)[C@H]3CC[C@H]2C3)CC1. The third kappa shape index (κ3) is 2.47. The minimum absolute atomic E-state index is 0.374. The molecule has 1 aliphatic heterocycles. The average Bonchev–Trinajstić information content (AvgIpc) is 3.23. The van der Waals surface area contributed by atoms with Gasteiger partial charge in [0.15, 0.2) is 0 Å². The van der Waals surface area contributed by atoms with Gasteiger partial charge in [0.1, 0.15) is 5.75 Å². The van der Waals surface area contributed by atoms with E-state index in [1.165, 1.54) is 24.9 Å². The van der Waals surface area contributed by atoms with E-state index < -0.39 is 0 Å². The van der Waals surface area contributed by atoms with Gasteiger partial charge in [0.2, 0.25) is 0 Å². The summed E-state index contributed by atoms with van der Waals surface area (Å²) >= 11 is 0. The summed E-state index contributed by atoms with van der Waals surface area (Å²) in [7, 11) is 1.73. The summed E-state index contributed by atoms with van der Waals surface area (Å²) in [6, 6.07) is 8.61. The molecule has 3 aliphatic rings. The van der Waals surface area contributed by atoms with Crippen molar-refractivity contribution in [1.82, 2.24) is 4.90 Å². The predicted octanol–water partition coefficient (Wildman–Crippen LogP) is 2.45. The Morgan fingerprint density at radius 2 is 1.91 bits per heavy atom. The highest BCUT2D eigenvalue weighted by Crippen LogP contribution is 2.45. The van der Waals surface area contributed by atoms with Gasteiger partial charge in [-0.3, -0.25) is 4.90 Å². The molecule has 0 radical (unpaired) electrons. The fourth-order valence-corrected chi connectivity index (χ4v) is 4.81. The fraction of sp³-hybridized carbons (Fsp3) is 0.611. The smallest absolute Gasteiger partial charge is 0.142 e. The van der Waals surface area contributed by atoms with Gasteiger partial charge in [-0.1, -0.05) is 17.3 Å². The molecule has 5 nitrogen and oxygen atoms in total. The van der Waals surface area contributed by atoms with Gasteiger partial charge in [-0.25, -0.2) is 0 Å². The normalized spacial score (nSPS) is 32.7. The second-order valence-corrected chi connectivity index (χ2v) is 6.93. The number of hydrogen-bond donors (Lipinski definition) is 1. The van der Waals surface area contributed by atoms with Gasteiger partial charge in [0.25, 0.3) is 0 Å². The Balaban J connectivity index is 1.45. The van der Waals surface area contributed by atoms with Crippen LogP contribution in [0.25, 0.3) is 0 Å². The van der Waals surface area contributed by atoms with Crippen LogP contribution >= 0.6 is 0 Å².